The van der Waals surface area contributed by atoms with Crippen LogP contribution in [0.5, 0.6) is 0 Å². The first-order valence-electron chi connectivity index (χ1n) is 9.86. The number of hydrogen-bond acceptors (Lipinski definition) is 4. The Morgan fingerprint density at radius 1 is 0.767 bits per heavy atom. The second kappa shape index (κ2) is 8.59. The number of carbonyl (C=O) groups excluding carboxylic acids is 1. The van der Waals surface area contributed by atoms with E-state index in [2.05, 4.69) is 14.9 Å². The Morgan fingerprint density at radius 2 is 1.40 bits per heavy atom. The fourth-order valence-electron chi connectivity index (χ4n) is 3.44. The van der Waals surface area contributed by atoms with E-state index in [1.165, 1.54) is 37.1 Å². The van der Waals surface area contributed by atoms with Crippen molar-refractivity contribution in [3.8, 4) is 0 Å². The third-order valence-corrected chi connectivity index (χ3v) is 6.45. The maximum Gasteiger partial charge on any atom is 0.261 e. The van der Waals surface area contributed by atoms with Crippen LogP contribution in [0.15, 0.2) is 83.8 Å². The van der Waals surface area contributed by atoms with E-state index in [4.69, 9.17) is 0 Å². The van der Waals surface area contributed by atoms with Crippen molar-refractivity contribution in [3.05, 3.63) is 84.4 Å². The van der Waals surface area contributed by atoms with Gasteiger partial charge in [0.15, 0.2) is 0 Å². The van der Waals surface area contributed by atoms with Crippen LogP contribution in [0.2, 0.25) is 0 Å². The molecule has 0 bridgehead atoms. The van der Waals surface area contributed by atoms with E-state index in [-0.39, 0.29) is 10.8 Å². The molecule has 3 aromatic rings. The molecule has 1 saturated heterocycles. The number of carbonyl (C=O) groups is 1. The quantitative estimate of drug-likeness (QED) is 0.621. The molecule has 0 aliphatic carbocycles. The minimum Gasteiger partial charge on any atom is -0.372 e. The molecule has 7 heteroatoms. The van der Waals surface area contributed by atoms with Crippen LogP contribution in [0.3, 0.4) is 0 Å². The van der Waals surface area contributed by atoms with Crippen LogP contribution >= 0.6 is 0 Å². The Morgan fingerprint density at radius 3 is 2.03 bits per heavy atom. The summed E-state index contributed by atoms with van der Waals surface area (Å²) in [5.41, 5.74) is 2.73. The number of nitrogens with one attached hydrogen (secondary N) is 2. The summed E-state index contributed by atoms with van der Waals surface area (Å²) in [6.45, 7) is 2.14. The lowest BCUT2D eigenvalue weighted by atomic mass is 10.2. The van der Waals surface area contributed by atoms with Gasteiger partial charge in [0, 0.05) is 35.7 Å². The van der Waals surface area contributed by atoms with E-state index in [0.717, 1.165) is 18.8 Å². The molecule has 3 aromatic carbocycles. The van der Waals surface area contributed by atoms with Gasteiger partial charge >= 0.3 is 0 Å². The average Bonchev–Trinajstić information content (AvgIpc) is 3.30. The third-order valence-electron chi connectivity index (χ3n) is 5.05. The summed E-state index contributed by atoms with van der Waals surface area (Å²) in [6, 6.07) is 22.3. The number of rotatable bonds is 6. The number of hydrogen-bond donors (Lipinski definition) is 2. The first kappa shape index (κ1) is 20.0. The molecule has 0 spiro atoms. The van der Waals surface area contributed by atoms with Crippen molar-refractivity contribution in [1.29, 1.82) is 0 Å². The minimum atomic E-state index is -3.71. The van der Waals surface area contributed by atoms with E-state index in [9.17, 15) is 13.2 Å². The molecule has 154 valence electrons. The molecule has 1 fully saturated rings. The first-order valence-corrected chi connectivity index (χ1v) is 11.3. The Bertz CT molecular complexity index is 1110. The van der Waals surface area contributed by atoms with Crippen LogP contribution in [0.1, 0.15) is 23.2 Å². The van der Waals surface area contributed by atoms with Crippen molar-refractivity contribution in [1.82, 2.24) is 0 Å². The van der Waals surface area contributed by atoms with Gasteiger partial charge in [-0.3, -0.25) is 9.52 Å². The second-order valence-corrected chi connectivity index (χ2v) is 8.87. The predicted octanol–water partition coefficient (Wildman–Crippen LogP) is 4.34. The van der Waals surface area contributed by atoms with Gasteiger partial charge in [0.2, 0.25) is 0 Å². The largest absolute Gasteiger partial charge is 0.372 e. The normalized spacial score (nSPS) is 13.8. The molecule has 30 heavy (non-hydrogen) atoms. The zero-order chi connectivity index (χ0) is 21.0. The Hall–Kier alpha value is -3.32. The fraction of sp³-hybridized carbons (Fsp3) is 0.174. The Labute approximate surface area is 176 Å². The van der Waals surface area contributed by atoms with Crippen LogP contribution in [0.25, 0.3) is 0 Å². The highest BCUT2D eigenvalue weighted by Crippen LogP contribution is 2.22. The highest BCUT2D eigenvalue weighted by Gasteiger charge is 2.16. The van der Waals surface area contributed by atoms with Gasteiger partial charge in [0.25, 0.3) is 15.9 Å². The molecule has 2 N–H and O–H groups in total. The van der Waals surface area contributed by atoms with Crippen molar-refractivity contribution in [2.75, 3.05) is 28.0 Å². The van der Waals surface area contributed by atoms with E-state index < -0.39 is 10.0 Å². The molecule has 0 aromatic heterocycles. The van der Waals surface area contributed by atoms with Gasteiger partial charge in [-0.15, -0.1) is 0 Å². The standard InChI is InChI=1S/C23H23N3O3S/c27-23(24-19-10-12-21(13-11-19)26-16-4-5-17-26)18-8-14-22(15-9-18)30(28,29)25-20-6-2-1-3-7-20/h1-3,6-15,25H,4-5,16-17H2,(H,24,27). The average molecular weight is 422 g/mol. The van der Waals surface area contributed by atoms with E-state index in [0.29, 0.717) is 16.9 Å². The van der Waals surface area contributed by atoms with Gasteiger partial charge in [-0.05, 0) is 73.5 Å². The van der Waals surface area contributed by atoms with Gasteiger partial charge < -0.3 is 10.2 Å². The maximum absolute atomic E-state index is 12.5. The number of benzene rings is 3. The predicted molar refractivity (Wildman–Crippen MR) is 120 cm³/mol. The third kappa shape index (κ3) is 4.63. The Balaban J connectivity index is 1.41. The van der Waals surface area contributed by atoms with Crippen molar-refractivity contribution in [3.63, 3.8) is 0 Å². The summed E-state index contributed by atoms with van der Waals surface area (Å²) in [5.74, 6) is -0.288. The molecule has 0 radical (unpaired) electrons. The van der Waals surface area contributed by atoms with E-state index in [1.807, 2.05) is 30.3 Å². The molecular formula is C23H23N3O3S. The minimum absolute atomic E-state index is 0.0952. The number of sulfonamides is 1. The van der Waals surface area contributed by atoms with E-state index in [1.54, 1.807) is 24.3 Å². The van der Waals surface area contributed by atoms with E-state index >= 15 is 0 Å². The molecule has 1 aliphatic heterocycles. The van der Waals surface area contributed by atoms with Crippen LogP contribution in [0, 0.1) is 0 Å². The molecule has 1 amide bonds. The zero-order valence-electron chi connectivity index (χ0n) is 16.4. The lowest BCUT2D eigenvalue weighted by Gasteiger charge is -2.17. The molecule has 6 nitrogen and oxygen atoms in total. The van der Waals surface area contributed by atoms with Gasteiger partial charge in [-0.1, -0.05) is 18.2 Å². The zero-order valence-corrected chi connectivity index (χ0v) is 17.2. The lowest BCUT2D eigenvalue weighted by Crippen LogP contribution is -2.17. The topological polar surface area (TPSA) is 78.5 Å². The molecular weight excluding hydrogens is 398 g/mol. The maximum atomic E-state index is 12.5. The summed E-state index contributed by atoms with van der Waals surface area (Å²) >= 11 is 0. The number of nitrogens with zero attached hydrogens (tertiary/aromatic N) is 1. The number of amides is 1. The van der Waals surface area contributed by atoms with Gasteiger partial charge in [0.1, 0.15) is 0 Å². The summed E-state index contributed by atoms with van der Waals surface area (Å²) in [6.07, 6.45) is 2.43. The Kier molecular flexibility index (Phi) is 5.72. The van der Waals surface area contributed by atoms with Crippen LogP contribution in [-0.2, 0) is 10.0 Å². The van der Waals surface area contributed by atoms with Gasteiger partial charge in [-0.25, -0.2) is 8.42 Å². The van der Waals surface area contributed by atoms with Crippen LogP contribution in [0.4, 0.5) is 17.1 Å². The fourth-order valence-corrected chi connectivity index (χ4v) is 4.50. The van der Waals surface area contributed by atoms with Gasteiger partial charge in [-0.2, -0.15) is 0 Å². The SMILES string of the molecule is O=C(Nc1ccc(N2CCCC2)cc1)c1ccc(S(=O)(=O)Nc2ccccc2)cc1. The van der Waals surface area contributed by atoms with Crippen LogP contribution in [-0.4, -0.2) is 27.4 Å². The van der Waals surface area contributed by atoms with Crippen molar-refractivity contribution >= 4 is 33.0 Å². The molecule has 0 atom stereocenters. The van der Waals surface area contributed by atoms with Crippen molar-refractivity contribution in [2.24, 2.45) is 0 Å². The molecule has 1 aliphatic rings. The molecule has 0 unspecified atom stereocenters. The summed E-state index contributed by atoms with van der Waals surface area (Å²) in [4.78, 5) is 14.9. The lowest BCUT2D eigenvalue weighted by molar-refractivity contribution is 0.102. The molecule has 4 rings (SSSR count). The second-order valence-electron chi connectivity index (χ2n) is 7.19. The highest BCUT2D eigenvalue weighted by molar-refractivity contribution is 7.92. The monoisotopic (exact) mass is 421 g/mol. The molecule has 0 saturated carbocycles. The number of anilines is 3. The highest BCUT2D eigenvalue weighted by atomic mass is 32.2. The van der Waals surface area contributed by atoms with Gasteiger partial charge in [0.05, 0.1) is 4.90 Å². The number of para-hydroxylation sites is 1. The molecule has 1 heterocycles. The summed E-state index contributed by atoms with van der Waals surface area (Å²) < 4.78 is 27.5. The van der Waals surface area contributed by atoms with Crippen LogP contribution < -0.4 is 14.9 Å². The van der Waals surface area contributed by atoms with Crippen molar-refractivity contribution < 1.29 is 13.2 Å². The first-order chi connectivity index (χ1) is 14.5. The summed E-state index contributed by atoms with van der Waals surface area (Å²) in [5, 5.41) is 2.85. The summed E-state index contributed by atoms with van der Waals surface area (Å²) in [7, 11) is -3.71. The smallest absolute Gasteiger partial charge is 0.261 e. The van der Waals surface area contributed by atoms with Crippen molar-refractivity contribution in [2.45, 2.75) is 17.7 Å².